The fraction of sp³-hybridized carbons (Fsp3) is 0.130. The number of anilines is 1. The average Bonchev–Trinajstić information content (AvgIpc) is 3.02. The number of nitrogens with zero attached hydrogens (tertiary/aromatic N) is 1. The zero-order valence-electron chi connectivity index (χ0n) is 16.4. The third-order valence-corrected chi connectivity index (χ3v) is 6.04. The highest BCUT2D eigenvalue weighted by atomic mass is 32.2. The molecule has 1 saturated heterocycles. The number of rotatable bonds is 6. The van der Waals surface area contributed by atoms with E-state index in [9.17, 15) is 14.4 Å². The first-order valence-corrected chi connectivity index (χ1v) is 10.9. The van der Waals surface area contributed by atoms with Crippen LogP contribution in [0.25, 0.3) is 17.0 Å². The van der Waals surface area contributed by atoms with Crippen molar-refractivity contribution in [2.75, 3.05) is 11.9 Å². The van der Waals surface area contributed by atoms with E-state index < -0.39 is 5.63 Å². The Labute approximate surface area is 187 Å². The molecular weight excluding hydrogens is 432 g/mol. The number of fused-ring (bicyclic) bond motifs is 1. The summed E-state index contributed by atoms with van der Waals surface area (Å²) in [6.07, 6.45) is 2.56. The molecule has 6 nitrogen and oxygen atoms in total. The van der Waals surface area contributed by atoms with Crippen LogP contribution in [0.4, 0.5) is 5.69 Å². The van der Waals surface area contributed by atoms with Gasteiger partial charge in [0.15, 0.2) is 0 Å². The van der Waals surface area contributed by atoms with Gasteiger partial charge in [-0.1, -0.05) is 54.3 Å². The van der Waals surface area contributed by atoms with Crippen LogP contribution in [0.5, 0.6) is 0 Å². The first-order valence-electron chi connectivity index (χ1n) is 9.64. The lowest BCUT2D eigenvalue weighted by Gasteiger charge is -2.14. The van der Waals surface area contributed by atoms with Gasteiger partial charge in [-0.3, -0.25) is 14.5 Å². The highest BCUT2D eigenvalue weighted by molar-refractivity contribution is 8.26. The van der Waals surface area contributed by atoms with Crippen molar-refractivity contribution in [3.8, 4) is 0 Å². The van der Waals surface area contributed by atoms with E-state index in [2.05, 4.69) is 5.32 Å². The topological polar surface area (TPSA) is 79.6 Å². The van der Waals surface area contributed by atoms with E-state index in [1.54, 1.807) is 29.2 Å². The lowest BCUT2D eigenvalue weighted by molar-refractivity contribution is -0.122. The Morgan fingerprint density at radius 1 is 1.10 bits per heavy atom. The first-order chi connectivity index (χ1) is 15.0. The Bertz CT molecular complexity index is 1250. The minimum atomic E-state index is -0.418. The van der Waals surface area contributed by atoms with Crippen molar-refractivity contribution in [2.24, 2.45) is 0 Å². The summed E-state index contributed by atoms with van der Waals surface area (Å²) in [4.78, 5) is 38.3. The predicted molar refractivity (Wildman–Crippen MR) is 127 cm³/mol. The molecule has 0 atom stereocenters. The Morgan fingerprint density at radius 2 is 1.90 bits per heavy atom. The maximum atomic E-state index is 12.7. The molecule has 8 heteroatoms. The summed E-state index contributed by atoms with van der Waals surface area (Å²) in [7, 11) is 0. The second-order valence-corrected chi connectivity index (χ2v) is 8.58. The van der Waals surface area contributed by atoms with Crippen molar-refractivity contribution in [3.05, 3.63) is 81.6 Å². The van der Waals surface area contributed by atoms with Crippen LogP contribution in [0.15, 0.2) is 74.8 Å². The number of thioether (sulfide) groups is 1. The van der Waals surface area contributed by atoms with Crippen molar-refractivity contribution in [3.63, 3.8) is 0 Å². The molecule has 31 heavy (non-hydrogen) atoms. The molecule has 2 amide bonds. The van der Waals surface area contributed by atoms with Crippen molar-refractivity contribution in [2.45, 2.75) is 12.8 Å². The molecule has 156 valence electrons. The van der Waals surface area contributed by atoms with E-state index in [1.807, 2.05) is 36.4 Å². The largest absolute Gasteiger partial charge is 0.423 e. The standard InChI is InChI=1S/C23H18N2O4S2/c26-20(24-17-9-10-18-16(14-17)8-11-21(27)29-18)7-4-12-25-22(28)19(31-23(25)30)13-15-5-2-1-3-6-15/h1-3,5-6,8-11,13-14H,4,7,12H2,(H,24,26)/b19-13-. The van der Waals surface area contributed by atoms with E-state index in [1.165, 1.54) is 17.8 Å². The number of hydrogen-bond acceptors (Lipinski definition) is 6. The monoisotopic (exact) mass is 450 g/mol. The highest BCUT2D eigenvalue weighted by Crippen LogP contribution is 2.32. The quantitative estimate of drug-likeness (QED) is 0.340. The molecule has 1 fully saturated rings. The third kappa shape index (κ3) is 5.10. The number of carbonyl (C=O) groups is 2. The number of carbonyl (C=O) groups excluding carboxylic acids is 2. The molecule has 3 aromatic rings. The van der Waals surface area contributed by atoms with Crippen molar-refractivity contribution < 1.29 is 14.0 Å². The van der Waals surface area contributed by atoms with Crippen molar-refractivity contribution >= 4 is 62.8 Å². The minimum absolute atomic E-state index is 0.129. The number of benzene rings is 2. The summed E-state index contributed by atoms with van der Waals surface area (Å²) in [6, 6.07) is 17.7. The van der Waals surface area contributed by atoms with Gasteiger partial charge in [-0.05, 0) is 42.3 Å². The average molecular weight is 451 g/mol. The normalized spacial score (nSPS) is 15.1. The molecule has 4 rings (SSSR count). The highest BCUT2D eigenvalue weighted by Gasteiger charge is 2.31. The van der Waals surface area contributed by atoms with Gasteiger partial charge in [0.1, 0.15) is 9.90 Å². The Balaban J connectivity index is 1.31. The zero-order valence-corrected chi connectivity index (χ0v) is 18.0. The van der Waals surface area contributed by atoms with Crippen LogP contribution in [0, 0.1) is 0 Å². The van der Waals surface area contributed by atoms with Gasteiger partial charge in [0.2, 0.25) is 5.91 Å². The molecule has 1 aromatic heterocycles. The molecule has 0 saturated carbocycles. The Morgan fingerprint density at radius 3 is 2.71 bits per heavy atom. The van der Waals surface area contributed by atoms with Gasteiger partial charge >= 0.3 is 5.63 Å². The summed E-state index contributed by atoms with van der Waals surface area (Å²) in [5, 5.41) is 3.55. The molecule has 0 spiro atoms. The van der Waals surface area contributed by atoms with Crippen LogP contribution in [0.1, 0.15) is 18.4 Å². The Hall–Kier alpha value is -3.23. The molecule has 0 aliphatic carbocycles. The van der Waals surface area contributed by atoms with Gasteiger partial charge in [0, 0.05) is 30.1 Å². The van der Waals surface area contributed by atoms with Crippen LogP contribution in [-0.2, 0) is 9.59 Å². The second-order valence-electron chi connectivity index (χ2n) is 6.90. The predicted octanol–water partition coefficient (Wildman–Crippen LogP) is 4.41. The fourth-order valence-electron chi connectivity index (χ4n) is 3.16. The zero-order chi connectivity index (χ0) is 21.8. The van der Waals surface area contributed by atoms with Crippen LogP contribution in [0.3, 0.4) is 0 Å². The van der Waals surface area contributed by atoms with E-state index in [0.29, 0.717) is 33.5 Å². The molecule has 0 radical (unpaired) electrons. The number of amides is 2. The van der Waals surface area contributed by atoms with Crippen LogP contribution in [-0.4, -0.2) is 27.6 Å². The summed E-state index contributed by atoms with van der Waals surface area (Å²) in [6.45, 7) is 0.382. The van der Waals surface area contributed by atoms with E-state index in [0.717, 1.165) is 10.9 Å². The summed E-state index contributed by atoms with van der Waals surface area (Å²) in [5.41, 5.74) is 1.60. The minimum Gasteiger partial charge on any atom is -0.423 e. The van der Waals surface area contributed by atoms with Gasteiger partial charge in [-0.2, -0.15) is 0 Å². The summed E-state index contributed by atoms with van der Waals surface area (Å²) < 4.78 is 5.59. The summed E-state index contributed by atoms with van der Waals surface area (Å²) >= 11 is 6.62. The van der Waals surface area contributed by atoms with E-state index in [-0.39, 0.29) is 18.2 Å². The van der Waals surface area contributed by atoms with Crippen LogP contribution >= 0.6 is 24.0 Å². The lowest BCUT2D eigenvalue weighted by atomic mass is 10.2. The van der Waals surface area contributed by atoms with E-state index in [4.69, 9.17) is 16.6 Å². The molecule has 1 N–H and O–H groups in total. The molecular formula is C23H18N2O4S2. The van der Waals surface area contributed by atoms with Crippen LogP contribution in [0.2, 0.25) is 0 Å². The Kier molecular flexibility index (Phi) is 6.29. The molecule has 0 bridgehead atoms. The molecule has 2 aromatic carbocycles. The number of nitrogens with one attached hydrogen (secondary N) is 1. The number of thiocarbonyl (C=S) groups is 1. The van der Waals surface area contributed by atoms with E-state index >= 15 is 0 Å². The van der Waals surface area contributed by atoms with Crippen molar-refractivity contribution in [1.29, 1.82) is 0 Å². The number of hydrogen-bond donors (Lipinski definition) is 1. The van der Waals surface area contributed by atoms with Gasteiger partial charge in [-0.15, -0.1) is 0 Å². The molecule has 1 aliphatic rings. The maximum absolute atomic E-state index is 12.7. The third-order valence-electron chi connectivity index (χ3n) is 4.66. The summed E-state index contributed by atoms with van der Waals surface area (Å²) in [5.74, 6) is -0.294. The second kappa shape index (κ2) is 9.28. The van der Waals surface area contributed by atoms with Gasteiger partial charge in [0.05, 0.1) is 4.91 Å². The smallest absolute Gasteiger partial charge is 0.336 e. The van der Waals surface area contributed by atoms with Gasteiger partial charge in [-0.25, -0.2) is 4.79 Å². The molecule has 0 unspecified atom stereocenters. The maximum Gasteiger partial charge on any atom is 0.336 e. The molecule has 1 aliphatic heterocycles. The fourth-order valence-corrected chi connectivity index (χ4v) is 4.47. The van der Waals surface area contributed by atoms with Gasteiger partial charge < -0.3 is 9.73 Å². The van der Waals surface area contributed by atoms with Crippen molar-refractivity contribution in [1.82, 2.24) is 4.90 Å². The van der Waals surface area contributed by atoms with Gasteiger partial charge in [0.25, 0.3) is 5.91 Å². The lowest BCUT2D eigenvalue weighted by Crippen LogP contribution is -2.29. The van der Waals surface area contributed by atoms with Crippen LogP contribution < -0.4 is 10.9 Å². The SMILES string of the molecule is O=C(CCCN1C(=O)/C(=C/c2ccccc2)SC1=S)Nc1ccc2oc(=O)ccc2c1. The molecule has 2 heterocycles. The first kappa shape index (κ1) is 21.0.